The lowest BCUT2D eigenvalue weighted by Crippen LogP contribution is -2.68. The number of nitrogens with one attached hydrogen (secondary N) is 4. The van der Waals surface area contributed by atoms with Crippen molar-refractivity contribution in [2.45, 2.75) is 167 Å². The molecule has 0 spiro atoms. The maximum absolute atomic E-state index is 15.0. The highest BCUT2D eigenvalue weighted by Crippen LogP contribution is 2.65. The summed E-state index contributed by atoms with van der Waals surface area (Å²) >= 11 is 0. The Balaban J connectivity index is 1.66. The highest BCUT2D eigenvalue weighted by molar-refractivity contribution is 7.92. The number of likely N-dealkylation sites (tertiary alicyclic amines) is 1. The molecular formula is C41H71N5O7S. The van der Waals surface area contributed by atoms with Crippen LogP contribution in [0.25, 0.3) is 0 Å². The number of sulfone groups is 1. The molecule has 12 nitrogen and oxygen atoms in total. The second kappa shape index (κ2) is 16.8. The number of piperidine rings is 1. The van der Waals surface area contributed by atoms with Crippen LogP contribution in [0.1, 0.15) is 133 Å². The molecule has 0 bridgehead atoms. The van der Waals surface area contributed by atoms with Crippen LogP contribution in [0.2, 0.25) is 0 Å². The number of nitrogens with zero attached hydrogens (tertiary/aromatic N) is 1. The second-order valence-electron chi connectivity index (χ2n) is 19.0. The van der Waals surface area contributed by atoms with Crippen molar-refractivity contribution in [3.05, 3.63) is 12.7 Å². The van der Waals surface area contributed by atoms with Gasteiger partial charge in [-0.1, -0.05) is 86.1 Å². The van der Waals surface area contributed by atoms with E-state index in [2.05, 4.69) is 41.7 Å². The topological polar surface area (TPSA) is 174 Å². The summed E-state index contributed by atoms with van der Waals surface area (Å²) in [5.74, 6) is -1.80. The summed E-state index contributed by atoms with van der Waals surface area (Å²) in [6.45, 7) is 21.4. The van der Waals surface area contributed by atoms with Gasteiger partial charge in [0.15, 0.2) is 15.9 Å². The normalized spacial score (nSPS) is 30.6. The van der Waals surface area contributed by atoms with E-state index in [4.69, 9.17) is 0 Å². The molecule has 4 fully saturated rings. The van der Waals surface area contributed by atoms with Gasteiger partial charge in [0.1, 0.15) is 12.1 Å². The van der Waals surface area contributed by atoms with Crippen LogP contribution in [0.4, 0.5) is 4.79 Å². The Bertz CT molecular complexity index is 1490. The lowest BCUT2D eigenvalue weighted by Gasteiger charge is -2.49. The molecule has 5 N–H and O–H groups in total. The SMILES string of the molecule is C=CCNC(=O)C(O)C(CCCC)NC(=O)[C@@H]1[C@@H]2[C@H](CN1C(=O)[C@@H](NC(=O)N[C@@]1(CS(=O)(=O)C(C)(C)C)[C@H](C)CCC[C@@H]1C)C1(C)CCCCC1)C2(C)C. The monoisotopic (exact) mass is 778 g/mol. The second-order valence-corrected chi connectivity index (χ2v) is 21.8. The molecule has 0 aromatic carbocycles. The number of aliphatic hydroxyl groups excluding tert-OH is 1. The highest BCUT2D eigenvalue weighted by atomic mass is 32.2. The predicted molar refractivity (Wildman–Crippen MR) is 212 cm³/mol. The van der Waals surface area contributed by atoms with Crippen molar-refractivity contribution in [1.82, 2.24) is 26.2 Å². The molecule has 3 saturated carbocycles. The largest absolute Gasteiger partial charge is 0.381 e. The quantitative estimate of drug-likeness (QED) is 0.148. The minimum absolute atomic E-state index is 0.0792. The third kappa shape index (κ3) is 8.97. The van der Waals surface area contributed by atoms with Gasteiger partial charge in [-0.05, 0) is 87.4 Å². The van der Waals surface area contributed by atoms with Gasteiger partial charge in [0.05, 0.1) is 22.1 Å². The van der Waals surface area contributed by atoms with E-state index in [1.165, 1.54) is 6.08 Å². The summed E-state index contributed by atoms with van der Waals surface area (Å²) in [6.07, 6.45) is 8.65. The Morgan fingerprint density at radius 3 is 2.15 bits per heavy atom. The molecule has 2 unspecified atom stereocenters. The lowest BCUT2D eigenvalue weighted by atomic mass is 9.68. The van der Waals surface area contributed by atoms with Gasteiger partial charge in [0.2, 0.25) is 11.8 Å². The first-order valence-electron chi connectivity index (χ1n) is 20.6. The van der Waals surface area contributed by atoms with E-state index in [1.807, 2.05) is 27.7 Å². The van der Waals surface area contributed by atoms with Gasteiger partial charge >= 0.3 is 6.03 Å². The average Bonchev–Trinajstić information content (AvgIpc) is 3.39. The van der Waals surface area contributed by atoms with E-state index in [1.54, 1.807) is 25.7 Å². The van der Waals surface area contributed by atoms with Crippen molar-refractivity contribution in [1.29, 1.82) is 0 Å². The minimum Gasteiger partial charge on any atom is -0.381 e. The number of amides is 5. The van der Waals surface area contributed by atoms with Crippen molar-refractivity contribution in [3.63, 3.8) is 0 Å². The molecule has 5 amide bonds. The van der Waals surface area contributed by atoms with Crippen LogP contribution in [0.15, 0.2) is 12.7 Å². The van der Waals surface area contributed by atoms with E-state index in [0.29, 0.717) is 32.2 Å². The van der Waals surface area contributed by atoms with Crippen LogP contribution in [0, 0.1) is 34.5 Å². The molecule has 4 rings (SSSR count). The molecule has 3 aliphatic carbocycles. The fourth-order valence-electron chi connectivity index (χ4n) is 9.83. The molecule has 1 aliphatic heterocycles. The van der Waals surface area contributed by atoms with Gasteiger partial charge in [-0.15, -0.1) is 6.58 Å². The van der Waals surface area contributed by atoms with E-state index < -0.39 is 67.6 Å². The summed E-state index contributed by atoms with van der Waals surface area (Å²) < 4.78 is 26.5. The summed E-state index contributed by atoms with van der Waals surface area (Å²) in [5.41, 5.74) is -1.80. The number of hydrogen-bond acceptors (Lipinski definition) is 7. The molecule has 54 heavy (non-hydrogen) atoms. The first kappa shape index (κ1) is 44.0. The van der Waals surface area contributed by atoms with Crippen LogP contribution < -0.4 is 21.3 Å². The van der Waals surface area contributed by atoms with Crippen LogP contribution in [0.3, 0.4) is 0 Å². The predicted octanol–water partition coefficient (Wildman–Crippen LogP) is 4.85. The minimum atomic E-state index is -3.63. The molecule has 0 radical (unpaired) electrons. The number of carbonyl (C=O) groups is 4. The summed E-state index contributed by atoms with van der Waals surface area (Å²) in [6, 6.07) is -3.21. The number of rotatable bonds is 15. The molecule has 308 valence electrons. The third-order valence-electron chi connectivity index (χ3n) is 14.0. The number of unbranched alkanes of at least 4 members (excludes halogenated alkanes) is 1. The molecule has 9 atom stereocenters. The molecule has 1 saturated heterocycles. The van der Waals surface area contributed by atoms with Crippen molar-refractivity contribution >= 4 is 33.6 Å². The highest BCUT2D eigenvalue weighted by Gasteiger charge is 2.70. The van der Waals surface area contributed by atoms with Crippen LogP contribution in [-0.2, 0) is 24.2 Å². The molecule has 0 aromatic heterocycles. The van der Waals surface area contributed by atoms with E-state index in [-0.39, 0.29) is 47.3 Å². The molecule has 13 heteroatoms. The van der Waals surface area contributed by atoms with E-state index >= 15 is 4.79 Å². The number of aliphatic hydroxyl groups is 1. The van der Waals surface area contributed by atoms with Gasteiger partial charge in [0, 0.05) is 13.1 Å². The maximum atomic E-state index is 15.0. The Labute approximate surface area is 325 Å². The zero-order chi connectivity index (χ0) is 40.4. The van der Waals surface area contributed by atoms with E-state index in [9.17, 15) is 27.9 Å². The van der Waals surface area contributed by atoms with Crippen LogP contribution in [-0.4, -0.2) is 95.5 Å². The molecule has 0 aromatic rings. The van der Waals surface area contributed by atoms with Crippen molar-refractivity contribution in [3.8, 4) is 0 Å². The zero-order valence-electron chi connectivity index (χ0n) is 34.6. The Morgan fingerprint density at radius 1 is 0.981 bits per heavy atom. The number of hydrogen-bond donors (Lipinski definition) is 5. The summed E-state index contributed by atoms with van der Waals surface area (Å²) in [7, 11) is -3.63. The van der Waals surface area contributed by atoms with Crippen LogP contribution >= 0.6 is 0 Å². The van der Waals surface area contributed by atoms with Gasteiger partial charge in [-0.25, -0.2) is 13.2 Å². The maximum Gasteiger partial charge on any atom is 0.315 e. The van der Waals surface area contributed by atoms with Gasteiger partial charge in [-0.3, -0.25) is 14.4 Å². The van der Waals surface area contributed by atoms with E-state index in [0.717, 1.165) is 44.9 Å². The Kier molecular flexibility index (Phi) is 13.7. The lowest BCUT2D eigenvalue weighted by molar-refractivity contribution is -0.145. The fourth-order valence-corrected chi connectivity index (χ4v) is 11.5. The van der Waals surface area contributed by atoms with Crippen LogP contribution in [0.5, 0.6) is 0 Å². The van der Waals surface area contributed by atoms with Crippen molar-refractivity contribution in [2.24, 2.45) is 34.5 Å². The number of urea groups is 1. The molecule has 4 aliphatic rings. The number of fused-ring (bicyclic) bond motifs is 1. The van der Waals surface area contributed by atoms with Crippen molar-refractivity contribution in [2.75, 3.05) is 18.8 Å². The fraction of sp³-hybridized carbons (Fsp3) is 0.854. The Hall–Kier alpha value is -2.67. The van der Waals surface area contributed by atoms with Crippen molar-refractivity contribution < 1.29 is 32.7 Å². The number of carbonyl (C=O) groups excluding carboxylic acids is 4. The third-order valence-corrected chi connectivity index (χ3v) is 16.7. The smallest absolute Gasteiger partial charge is 0.315 e. The first-order chi connectivity index (χ1) is 25.1. The standard InChI is InChI=1S/C41H71N5O7S/c1-11-13-20-29(32(47)35(49)42-23-12-2)43-34(48)31-30-28(39(30,8)9)24-46(31)36(50)33(40(10)21-15-14-16-22-40)44-37(51)45-41(25-54(52,53)38(5,6)7)26(3)18-17-19-27(41)4/h12,26-33,47H,2,11,13-25H2,1,3-10H3,(H,42,49)(H,43,48)(H2,44,45,51)/t26-,27+,28-,29?,30-,31-,32?,33+,41+/m0/s1. The summed E-state index contributed by atoms with van der Waals surface area (Å²) in [5, 5.41) is 22.9. The summed E-state index contributed by atoms with van der Waals surface area (Å²) in [4.78, 5) is 58.2. The zero-order valence-corrected chi connectivity index (χ0v) is 35.4. The average molecular weight is 778 g/mol. The van der Waals surface area contributed by atoms with Gasteiger partial charge < -0.3 is 31.3 Å². The van der Waals surface area contributed by atoms with Gasteiger partial charge in [-0.2, -0.15) is 0 Å². The molecular weight excluding hydrogens is 707 g/mol. The Morgan fingerprint density at radius 2 is 1.59 bits per heavy atom. The molecule has 1 heterocycles. The first-order valence-corrected chi connectivity index (χ1v) is 22.2. The van der Waals surface area contributed by atoms with Gasteiger partial charge in [0.25, 0.3) is 5.91 Å².